The molecule has 1 amide bonds. The van der Waals surface area contributed by atoms with E-state index >= 15 is 0 Å². The van der Waals surface area contributed by atoms with Crippen LogP contribution in [-0.2, 0) is 4.79 Å². The summed E-state index contributed by atoms with van der Waals surface area (Å²) in [5, 5.41) is 13.1. The summed E-state index contributed by atoms with van der Waals surface area (Å²) in [7, 11) is 0. The minimum atomic E-state index is -0.951. The van der Waals surface area contributed by atoms with Crippen molar-refractivity contribution in [3.63, 3.8) is 0 Å². The van der Waals surface area contributed by atoms with E-state index in [0.717, 1.165) is 10.1 Å². The van der Waals surface area contributed by atoms with Crippen LogP contribution in [0.25, 0.3) is 10.1 Å². The molecule has 2 N–H and O–H groups in total. The van der Waals surface area contributed by atoms with Gasteiger partial charge in [-0.1, -0.05) is 48.5 Å². The standard InChI is InChI=1S/C18H15NO3S/c20-17(16-10-13-8-4-5-9-15(13)23-16)19-11-14(18(21)22)12-6-2-1-3-7-12/h1-10,14H,11H2,(H,19,20)(H,21,22). The van der Waals surface area contributed by atoms with Gasteiger partial charge in [0.15, 0.2) is 0 Å². The third-order valence-electron chi connectivity index (χ3n) is 3.62. The third kappa shape index (κ3) is 3.40. The lowest BCUT2D eigenvalue weighted by Crippen LogP contribution is -2.31. The van der Waals surface area contributed by atoms with E-state index in [0.29, 0.717) is 10.4 Å². The smallest absolute Gasteiger partial charge is 0.312 e. The summed E-state index contributed by atoms with van der Waals surface area (Å²) in [5.74, 6) is -1.95. The maximum absolute atomic E-state index is 12.3. The largest absolute Gasteiger partial charge is 0.481 e. The van der Waals surface area contributed by atoms with Crippen molar-refractivity contribution in [2.45, 2.75) is 5.92 Å². The number of carboxylic acids is 1. The molecule has 0 saturated carbocycles. The SMILES string of the molecule is O=C(NCC(C(=O)O)c1ccccc1)c1cc2ccccc2s1. The van der Waals surface area contributed by atoms with Gasteiger partial charge in [-0.2, -0.15) is 0 Å². The van der Waals surface area contributed by atoms with Gasteiger partial charge in [-0.05, 0) is 23.1 Å². The van der Waals surface area contributed by atoms with Gasteiger partial charge in [-0.3, -0.25) is 9.59 Å². The molecule has 1 atom stereocenters. The molecule has 116 valence electrons. The third-order valence-corrected chi connectivity index (χ3v) is 4.73. The highest BCUT2D eigenvalue weighted by molar-refractivity contribution is 7.20. The molecule has 1 unspecified atom stereocenters. The van der Waals surface area contributed by atoms with Crippen LogP contribution < -0.4 is 5.32 Å². The number of carbonyl (C=O) groups is 2. The van der Waals surface area contributed by atoms with Gasteiger partial charge in [-0.15, -0.1) is 11.3 Å². The average Bonchev–Trinajstić information content (AvgIpc) is 2.99. The van der Waals surface area contributed by atoms with Crippen molar-refractivity contribution in [2.24, 2.45) is 0 Å². The predicted molar refractivity (Wildman–Crippen MR) is 91.0 cm³/mol. The summed E-state index contributed by atoms with van der Waals surface area (Å²) in [6, 6.07) is 18.5. The van der Waals surface area contributed by atoms with E-state index in [1.54, 1.807) is 24.3 Å². The molecule has 4 nitrogen and oxygen atoms in total. The molecule has 0 spiro atoms. The molecule has 0 aliphatic rings. The minimum Gasteiger partial charge on any atom is -0.481 e. The van der Waals surface area contributed by atoms with Crippen LogP contribution in [0.2, 0.25) is 0 Å². The second-order valence-corrected chi connectivity index (χ2v) is 6.24. The monoisotopic (exact) mass is 325 g/mol. The number of rotatable bonds is 5. The summed E-state index contributed by atoms with van der Waals surface area (Å²) >= 11 is 1.40. The van der Waals surface area contributed by atoms with Crippen molar-refractivity contribution in [2.75, 3.05) is 6.54 Å². The van der Waals surface area contributed by atoms with Gasteiger partial charge < -0.3 is 10.4 Å². The molecule has 3 aromatic rings. The first-order valence-corrected chi connectivity index (χ1v) is 8.01. The predicted octanol–water partition coefficient (Wildman–Crippen LogP) is 3.50. The number of nitrogens with one attached hydrogen (secondary N) is 1. The minimum absolute atomic E-state index is 0.0619. The van der Waals surface area contributed by atoms with E-state index in [-0.39, 0.29) is 12.5 Å². The summed E-state index contributed by atoms with van der Waals surface area (Å²) in [5.41, 5.74) is 0.677. The van der Waals surface area contributed by atoms with Crippen molar-refractivity contribution in [1.29, 1.82) is 0 Å². The molecular formula is C18H15NO3S. The Morgan fingerprint density at radius 2 is 1.74 bits per heavy atom. The van der Waals surface area contributed by atoms with Crippen LogP contribution in [0, 0.1) is 0 Å². The number of carboxylic acid groups (broad SMARTS) is 1. The first-order valence-electron chi connectivity index (χ1n) is 7.19. The molecular weight excluding hydrogens is 310 g/mol. The van der Waals surface area contributed by atoms with Crippen molar-refractivity contribution in [1.82, 2.24) is 5.32 Å². The van der Waals surface area contributed by atoms with Crippen molar-refractivity contribution in [3.05, 3.63) is 71.1 Å². The van der Waals surface area contributed by atoms with Gasteiger partial charge in [0.1, 0.15) is 0 Å². The molecule has 0 bridgehead atoms. The average molecular weight is 325 g/mol. The van der Waals surface area contributed by atoms with Crippen LogP contribution in [0.15, 0.2) is 60.7 Å². The van der Waals surface area contributed by atoms with Crippen molar-refractivity contribution in [3.8, 4) is 0 Å². The van der Waals surface area contributed by atoms with E-state index in [1.165, 1.54) is 11.3 Å². The Morgan fingerprint density at radius 1 is 1.04 bits per heavy atom. The van der Waals surface area contributed by atoms with Crippen LogP contribution >= 0.6 is 11.3 Å². The second-order valence-electron chi connectivity index (χ2n) is 5.16. The lowest BCUT2D eigenvalue weighted by Gasteiger charge is -2.13. The highest BCUT2D eigenvalue weighted by atomic mass is 32.1. The Hall–Kier alpha value is -2.66. The number of aliphatic carboxylic acids is 1. The molecule has 0 radical (unpaired) electrons. The number of thiophene rings is 1. The fourth-order valence-electron chi connectivity index (χ4n) is 2.41. The Balaban J connectivity index is 1.73. The highest BCUT2D eigenvalue weighted by Gasteiger charge is 2.21. The van der Waals surface area contributed by atoms with Crippen LogP contribution in [0.4, 0.5) is 0 Å². The highest BCUT2D eigenvalue weighted by Crippen LogP contribution is 2.25. The number of carbonyl (C=O) groups excluding carboxylic acids is 1. The zero-order valence-corrected chi connectivity index (χ0v) is 13.0. The number of benzene rings is 2. The van der Waals surface area contributed by atoms with E-state index in [1.807, 2.05) is 36.4 Å². The maximum Gasteiger partial charge on any atom is 0.312 e. The van der Waals surface area contributed by atoms with Gasteiger partial charge in [0.25, 0.3) is 5.91 Å². The van der Waals surface area contributed by atoms with Crippen molar-refractivity contribution >= 4 is 33.3 Å². The topological polar surface area (TPSA) is 66.4 Å². The fourth-order valence-corrected chi connectivity index (χ4v) is 3.39. The number of hydrogen-bond acceptors (Lipinski definition) is 3. The van der Waals surface area contributed by atoms with Gasteiger partial charge in [0, 0.05) is 11.2 Å². The second kappa shape index (κ2) is 6.62. The Bertz CT molecular complexity index is 809. The molecule has 5 heteroatoms. The van der Waals surface area contributed by atoms with Crippen LogP contribution in [0.5, 0.6) is 0 Å². The van der Waals surface area contributed by atoms with Crippen LogP contribution in [0.1, 0.15) is 21.2 Å². The van der Waals surface area contributed by atoms with E-state index in [2.05, 4.69) is 5.32 Å². The molecule has 0 aliphatic heterocycles. The Morgan fingerprint density at radius 3 is 2.43 bits per heavy atom. The zero-order chi connectivity index (χ0) is 16.2. The number of amides is 1. The molecule has 0 saturated heterocycles. The summed E-state index contributed by atoms with van der Waals surface area (Å²) in [6.45, 7) is 0.0619. The molecule has 23 heavy (non-hydrogen) atoms. The van der Waals surface area contributed by atoms with E-state index in [9.17, 15) is 14.7 Å². The molecule has 3 rings (SSSR count). The maximum atomic E-state index is 12.3. The normalized spacial score (nSPS) is 12.0. The van der Waals surface area contributed by atoms with Crippen LogP contribution in [0.3, 0.4) is 0 Å². The quantitative estimate of drug-likeness (QED) is 0.754. The van der Waals surface area contributed by atoms with Crippen LogP contribution in [-0.4, -0.2) is 23.5 Å². The summed E-state index contributed by atoms with van der Waals surface area (Å²) in [4.78, 5) is 24.3. The lowest BCUT2D eigenvalue weighted by molar-refractivity contribution is -0.138. The zero-order valence-electron chi connectivity index (χ0n) is 12.2. The molecule has 2 aromatic carbocycles. The molecule has 1 aromatic heterocycles. The van der Waals surface area contributed by atoms with Gasteiger partial charge in [0.05, 0.1) is 10.8 Å². The first kappa shape index (κ1) is 15.2. The number of fused-ring (bicyclic) bond motifs is 1. The van der Waals surface area contributed by atoms with Gasteiger partial charge >= 0.3 is 5.97 Å². The van der Waals surface area contributed by atoms with E-state index in [4.69, 9.17) is 0 Å². The Kier molecular flexibility index (Phi) is 4.39. The lowest BCUT2D eigenvalue weighted by atomic mass is 9.99. The first-order chi connectivity index (χ1) is 11.1. The summed E-state index contributed by atoms with van der Waals surface area (Å²) < 4.78 is 1.04. The van der Waals surface area contributed by atoms with E-state index < -0.39 is 11.9 Å². The Labute approximate surface area is 137 Å². The number of hydrogen-bond donors (Lipinski definition) is 2. The molecule has 0 fully saturated rings. The van der Waals surface area contributed by atoms with Crippen molar-refractivity contribution < 1.29 is 14.7 Å². The molecule has 0 aliphatic carbocycles. The van der Waals surface area contributed by atoms with Gasteiger partial charge in [0.2, 0.25) is 0 Å². The fraction of sp³-hybridized carbons (Fsp3) is 0.111. The van der Waals surface area contributed by atoms with Gasteiger partial charge in [-0.25, -0.2) is 0 Å². The summed E-state index contributed by atoms with van der Waals surface area (Å²) in [6.07, 6.45) is 0. The molecule has 1 heterocycles.